The molecule has 4 heterocycles. The largest absolute Gasteiger partial charge is 0.463 e. The van der Waals surface area contributed by atoms with Gasteiger partial charge in [-0.1, -0.05) is 18.2 Å². The molecule has 1 aromatic carbocycles. The molecule has 2 saturated heterocycles. The zero-order valence-corrected chi connectivity index (χ0v) is 15.8. The Hall–Kier alpha value is -2.70. The molecule has 2 aliphatic heterocycles. The van der Waals surface area contributed by atoms with Crippen LogP contribution in [0.4, 0.5) is 0 Å². The standard InChI is InChI=1S/C22H24N4O2/c27-22(26-10-7-16(15-26)25-11-8-23-9-12-25)18-14-20(21-6-3-13-28-21)24-19-5-2-1-4-17(18)19/h1-6,13-14,16,23H,7-12,15H2. The van der Waals surface area contributed by atoms with Gasteiger partial charge in [0.25, 0.3) is 5.91 Å². The van der Waals surface area contributed by atoms with Crippen LogP contribution in [-0.2, 0) is 0 Å². The highest BCUT2D eigenvalue weighted by atomic mass is 16.3. The quantitative estimate of drug-likeness (QED) is 0.761. The second kappa shape index (κ2) is 7.37. The summed E-state index contributed by atoms with van der Waals surface area (Å²) in [5, 5.41) is 4.30. The molecule has 0 saturated carbocycles. The fourth-order valence-corrected chi connectivity index (χ4v) is 4.34. The Balaban J connectivity index is 1.46. The zero-order chi connectivity index (χ0) is 18.9. The minimum Gasteiger partial charge on any atom is -0.463 e. The highest BCUT2D eigenvalue weighted by Gasteiger charge is 2.32. The van der Waals surface area contributed by atoms with Crippen molar-refractivity contribution in [3.63, 3.8) is 0 Å². The molecule has 144 valence electrons. The predicted octanol–water partition coefficient (Wildman–Crippen LogP) is 2.61. The number of benzene rings is 1. The second-order valence-electron chi connectivity index (χ2n) is 7.53. The van der Waals surface area contributed by atoms with Crippen molar-refractivity contribution in [3.05, 3.63) is 54.3 Å². The van der Waals surface area contributed by atoms with Crippen LogP contribution < -0.4 is 5.32 Å². The van der Waals surface area contributed by atoms with Crippen LogP contribution in [0.3, 0.4) is 0 Å². The van der Waals surface area contributed by atoms with Gasteiger partial charge < -0.3 is 14.6 Å². The third-order valence-electron chi connectivity index (χ3n) is 5.84. The molecule has 2 aliphatic rings. The van der Waals surface area contributed by atoms with Crippen LogP contribution in [0.25, 0.3) is 22.4 Å². The number of nitrogens with one attached hydrogen (secondary N) is 1. The lowest BCUT2D eigenvalue weighted by Gasteiger charge is -2.32. The number of amides is 1. The Morgan fingerprint density at radius 2 is 1.96 bits per heavy atom. The van der Waals surface area contributed by atoms with Crippen molar-refractivity contribution in [1.82, 2.24) is 20.1 Å². The van der Waals surface area contributed by atoms with Crippen LogP contribution in [0.2, 0.25) is 0 Å². The molecule has 0 bridgehead atoms. The Morgan fingerprint density at radius 3 is 2.79 bits per heavy atom. The second-order valence-corrected chi connectivity index (χ2v) is 7.53. The Kier molecular flexibility index (Phi) is 4.58. The number of aromatic nitrogens is 1. The van der Waals surface area contributed by atoms with E-state index in [-0.39, 0.29) is 5.91 Å². The molecular weight excluding hydrogens is 352 g/mol. The number of likely N-dealkylation sites (tertiary alicyclic amines) is 1. The highest BCUT2D eigenvalue weighted by molar-refractivity contribution is 6.07. The fraction of sp³-hybridized carbons (Fsp3) is 0.364. The van der Waals surface area contributed by atoms with E-state index in [1.807, 2.05) is 47.4 Å². The van der Waals surface area contributed by atoms with Gasteiger partial charge in [-0.05, 0) is 30.7 Å². The summed E-state index contributed by atoms with van der Waals surface area (Å²) in [7, 11) is 0. The van der Waals surface area contributed by atoms with Crippen molar-refractivity contribution in [1.29, 1.82) is 0 Å². The number of hydrogen-bond donors (Lipinski definition) is 1. The third kappa shape index (κ3) is 3.19. The molecule has 6 nitrogen and oxygen atoms in total. The van der Waals surface area contributed by atoms with Crippen LogP contribution >= 0.6 is 0 Å². The Bertz CT molecular complexity index is 979. The summed E-state index contributed by atoms with van der Waals surface area (Å²) in [6, 6.07) is 13.9. The number of rotatable bonds is 3. The monoisotopic (exact) mass is 376 g/mol. The molecule has 1 amide bonds. The first-order chi connectivity index (χ1) is 13.8. The summed E-state index contributed by atoms with van der Waals surface area (Å²) in [6.45, 7) is 5.80. The van der Waals surface area contributed by atoms with Crippen molar-refractivity contribution in [2.45, 2.75) is 12.5 Å². The molecule has 2 aromatic heterocycles. The van der Waals surface area contributed by atoms with Gasteiger partial charge in [-0.25, -0.2) is 4.98 Å². The number of para-hydroxylation sites is 1. The molecule has 1 N–H and O–H groups in total. The highest BCUT2D eigenvalue weighted by Crippen LogP contribution is 2.27. The average molecular weight is 376 g/mol. The number of pyridine rings is 1. The lowest BCUT2D eigenvalue weighted by Crippen LogP contribution is -2.49. The van der Waals surface area contributed by atoms with E-state index in [0.717, 1.165) is 56.6 Å². The number of carbonyl (C=O) groups excluding carboxylic acids is 1. The van der Waals surface area contributed by atoms with Crippen LogP contribution in [0.15, 0.2) is 53.1 Å². The van der Waals surface area contributed by atoms with Crippen molar-refractivity contribution in [3.8, 4) is 11.5 Å². The van der Waals surface area contributed by atoms with Gasteiger partial charge in [-0.15, -0.1) is 0 Å². The van der Waals surface area contributed by atoms with Gasteiger partial charge in [0.1, 0.15) is 5.69 Å². The van der Waals surface area contributed by atoms with Crippen LogP contribution in [0, 0.1) is 0 Å². The molecule has 1 unspecified atom stereocenters. The van der Waals surface area contributed by atoms with Gasteiger partial charge in [0.05, 0.1) is 17.3 Å². The molecule has 0 radical (unpaired) electrons. The van der Waals surface area contributed by atoms with Gasteiger partial charge in [0, 0.05) is 50.7 Å². The van der Waals surface area contributed by atoms with E-state index in [0.29, 0.717) is 23.1 Å². The fourth-order valence-electron chi connectivity index (χ4n) is 4.34. The maximum atomic E-state index is 13.4. The van der Waals surface area contributed by atoms with Crippen molar-refractivity contribution in [2.75, 3.05) is 39.3 Å². The van der Waals surface area contributed by atoms with Crippen molar-refractivity contribution in [2.24, 2.45) is 0 Å². The van der Waals surface area contributed by atoms with E-state index in [9.17, 15) is 4.79 Å². The lowest BCUT2D eigenvalue weighted by atomic mass is 10.1. The molecule has 28 heavy (non-hydrogen) atoms. The number of hydrogen-bond acceptors (Lipinski definition) is 5. The zero-order valence-electron chi connectivity index (χ0n) is 15.8. The number of nitrogens with zero attached hydrogens (tertiary/aromatic N) is 3. The first kappa shape index (κ1) is 17.4. The molecule has 6 heteroatoms. The summed E-state index contributed by atoms with van der Waals surface area (Å²) in [5.74, 6) is 0.768. The van der Waals surface area contributed by atoms with E-state index in [2.05, 4.69) is 10.2 Å². The van der Waals surface area contributed by atoms with E-state index < -0.39 is 0 Å². The van der Waals surface area contributed by atoms with Crippen molar-refractivity contribution < 1.29 is 9.21 Å². The topological polar surface area (TPSA) is 61.6 Å². The maximum Gasteiger partial charge on any atom is 0.254 e. The first-order valence-corrected chi connectivity index (χ1v) is 9.97. The lowest BCUT2D eigenvalue weighted by molar-refractivity contribution is 0.0775. The van der Waals surface area contributed by atoms with Crippen LogP contribution in [-0.4, -0.2) is 66.0 Å². The first-order valence-electron chi connectivity index (χ1n) is 9.97. The smallest absolute Gasteiger partial charge is 0.254 e. The summed E-state index contributed by atoms with van der Waals surface area (Å²) in [6.07, 6.45) is 2.67. The van der Waals surface area contributed by atoms with Crippen LogP contribution in [0.1, 0.15) is 16.8 Å². The number of carbonyl (C=O) groups is 1. The minimum absolute atomic E-state index is 0.0871. The number of furan rings is 1. The molecular formula is C22H24N4O2. The van der Waals surface area contributed by atoms with Gasteiger partial charge in [0.15, 0.2) is 5.76 Å². The average Bonchev–Trinajstić information content (AvgIpc) is 3.45. The van der Waals surface area contributed by atoms with Gasteiger partial charge in [-0.3, -0.25) is 9.69 Å². The Labute approximate surface area is 164 Å². The molecule has 1 atom stereocenters. The van der Waals surface area contributed by atoms with E-state index in [1.54, 1.807) is 6.26 Å². The third-order valence-corrected chi connectivity index (χ3v) is 5.84. The summed E-state index contributed by atoms with van der Waals surface area (Å²) >= 11 is 0. The van der Waals surface area contributed by atoms with Gasteiger partial charge in [0.2, 0.25) is 0 Å². The molecule has 3 aromatic rings. The minimum atomic E-state index is 0.0871. The molecule has 0 aliphatic carbocycles. The van der Waals surface area contributed by atoms with Crippen LogP contribution in [0.5, 0.6) is 0 Å². The maximum absolute atomic E-state index is 13.4. The SMILES string of the molecule is O=C(c1cc(-c2ccco2)nc2ccccc12)N1CCC(N2CCNCC2)C1. The van der Waals surface area contributed by atoms with Gasteiger partial charge >= 0.3 is 0 Å². The van der Waals surface area contributed by atoms with E-state index >= 15 is 0 Å². The Morgan fingerprint density at radius 1 is 1.11 bits per heavy atom. The molecule has 0 spiro atoms. The van der Waals surface area contributed by atoms with Crippen molar-refractivity contribution >= 4 is 16.8 Å². The van der Waals surface area contributed by atoms with Gasteiger partial charge in [-0.2, -0.15) is 0 Å². The number of piperazine rings is 1. The molecule has 2 fully saturated rings. The van der Waals surface area contributed by atoms with E-state index in [1.165, 1.54) is 0 Å². The summed E-state index contributed by atoms with van der Waals surface area (Å²) in [5.41, 5.74) is 2.22. The number of fused-ring (bicyclic) bond motifs is 1. The predicted molar refractivity (Wildman–Crippen MR) is 108 cm³/mol. The normalized spacial score (nSPS) is 20.7. The summed E-state index contributed by atoms with van der Waals surface area (Å²) < 4.78 is 5.53. The van der Waals surface area contributed by atoms with E-state index in [4.69, 9.17) is 9.40 Å². The molecule has 5 rings (SSSR count). The summed E-state index contributed by atoms with van der Waals surface area (Å²) in [4.78, 5) is 22.7.